The van der Waals surface area contributed by atoms with Gasteiger partial charge in [-0.1, -0.05) is 0 Å². The Labute approximate surface area is 61.5 Å². The molecule has 0 bridgehead atoms. The maximum atomic E-state index is 9.42. The summed E-state index contributed by atoms with van der Waals surface area (Å²) in [4.78, 5) is 3.65. The van der Waals surface area contributed by atoms with E-state index in [-0.39, 0.29) is 0 Å². The van der Waals surface area contributed by atoms with Crippen molar-refractivity contribution in [3.63, 3.8) is 0 Å². The Kier molecular flexibility index (Phi) is 1.85. The first kappa shape index (κ1) is 7.41. The third-order valence-electron chi connectivity index (χ3n) is 1.70. The van der Waals surface area contributed by atoms with E-state index in [0.717, 1.165) is 0 Å². The highest BCUT2D eigenvalue weighted by Gasteiger charge is 2.21. The van der Waals surface area contributed by atoms with Crippen LogP contribution in [-0.2, 0) is 0 Å². The maximum Gasteiger partial charge on any atom is 0.207 e. The average molecular weight is 142 g/mol. The van der Waals surface area contributed by atoms with E-state index in [9.17, 15) is 5.11 Å². The number of aliphatic hydroxyl groups excluding tert-OH is 1. The van der Waals surface area contributed by atoms with Crippen molar-refractivity contribution in [2.45, 2.75) is 26.2 Å². The fourth-order valence-electron chi connectivity index (χ4n) is 0.985. The van der Waals surface area contributed by atoms with Crippen LogP contribution in [0.1, 0.15) is 13.8 Å². The van der Waals surface area contributed by atoms with Crippen molar-refractivity contribution < 1.29 is 5.11 Å². The number of aliphatic hydroxyl groups is 1. The van der Waals surface area contributed by atoms with E-state index in [1.54, 1.807) is 4.90 Å². The van der Waals surface area contributed by atoms with Crippen LogP contribution in [0.2, 0.25) is 0 Å². The lowest BCUT2D eigenvalue weighted by Gasteiger charge is -2.28. The zero-order valence-electron chi connectivity index (χ0n) is 6.65. The van der Waals surface area contributed by atoms with Crippen LogP contribution < -0.4 is 0 Å². The van der Waals surface area contributed by atoms with Crippen molar-refractivity contribution >= 4 is 0 Å². The highest BCUT2D eigenvalue weighted by molar-refractivity contribution is 4.92. The molecule has 0 aromatic carbocycles. The number of nitrogens with zero attached hydrogens (tertiary/aromatic N) is 2. The SMILES string of the molecule is CC(C)N1C=CN(C)C1O. The molecule has 1 aliphatic heterocycles. The van der Waals surface area contributed by atoms with Crippen molar-refractivity contribution in [2.24, 2.45) is 0 Å². The Morgan fingerprint density at radius 1 is 1.40 bits per heavy atom. The molecule has 1 atom stereocenters. The van der Waals surface area contributed by atoms with Crippen LogP contribution in [0.5, 0.6) is 0 Å². The number of hydrogen-bond donors (Lipinski definition) is 1. The summed E-state index contributed by atoms with van der Waals surface area (Å²) in [5, 5.41) is 9.42. The molecule has 1 heterocycles. The van der Waals surface area contributed by atoms with Gasteiger partial charge in [-0.3, -0.25) is 0 Å². The van der Waals surface area contributed by atoms with Crippen LogP contribution in [0.15, 0.2) is 12.4 Å². The smallest absolute Gasteiger partial charge is 0.207 e. The fourth-order valence-corrected chi connectivity index (χ4v) is 0.985. The summed E-state index contributed by atoms with van der Waals surface area (Å²) in [6.07, 6.45) is 3.29. The summed E-state index contributed by atoms with van der Waals surface area (Å²) in [7, 11) is 1.85. The molecule has 0 aromatic heterocycles. The van der Waals surface area contributed by atoms with Gasteiger partial charge >= 0.3 is 0 Å². The highest BCUT2D eigenvalue weighted by atomic mass is 16.3. The maximum absolute atomic E-state index is 9.42. The minimum Gasteiger partial charge on any atom is -0.356 e. The molecule has 0 amide bonds. The second-order valence-electron chi connectivity index (χ2n) is 2.85. The zero-order chi connectivity index (χ0) is 7.72. The molecule has 58 valence electrons. The van der Waals surface area contributed by atoms with Crippen molar-refractivity contribution in [1.82, 2.24) is 9.80 Å². The van der Waals surface area contributed by atoms with Gasteiger partial charge in [0.1, 0.15) is 0 Å². The molecule has 0 saturated carbocycles. The summed E-state index contributed by atoms with van der Waals surface area (Å²) < 4.78 is 0. The van der Waals surface area contributed by atoms with E-state index in [2.05, 4.69) is 0 Å². The molecule has 0 spiro atoms. The molecular formula is C7H14N2O. The second-order valence-corrected chi connectivity index (χ2v) is 2.85. The van der Waals surface area contributed by atoms with E-state index in [0.29, 0.717) is 6.04 Å². The van der Waals surface area contributed by atoms with Crippen LogP contribution in [-0.4, -0.2) is 34.3 Å². The van der Waals surface area contributed by atoms with Gasteiger partial charge in [0.2, 0.25) is 6.35 Å². The van der Waals surface area contributed by atoms with Gasteiger partial charge in [-0.05, 0) is 13.8 Å². The average Bonchev–Trinajstić information content (AvgIpc) is 2.14. The normalized spacial score (nSPS) is 25.1. The lowest BCUT2D eigenvalue weighted by atomic mass is 10.3. The molecule has 3 nitrogen and oxygen atoms in total. The third kappa shape index (κ3) is 1.09. The lowest BCUT2D eigenvalue weighted by Crippen LogP contribution is -2.39. The van der Waals surface area contributed by atoms with Gasteiger partial charge in [0.05, 0.1) is 0 Å². The van der Waals surface area contributed by atoms with Crippen molar-refractivity contribution in [1.29, 1.82) is 0 Å². The van der Waals surface area contributed by atoms with Gasteiger partial charge in [-0.15, -0.1) is 0 Å². The number of hydrogen-bond acceptors (Lipinski definition) is 3. The molecule has 0 saturated heterocycles. The Balaban J connectivity index is 2.58. The first-order valence-electron chi connectivity index (χ1n) is 3.48. The third-order valence-corrected chi connectivity index (χ3v) is 1.70. The van der Waals surface area contributed by atoms with Gasteiger partial charge in [0.25, 0.3) is 0 Å². The summed E-state index contributed by atoms with van der Waals surface area (Å²) in [6, 6.07) is 0.358. The minimum absolute atomic E-state index is 0.358. The Morgan fingerprint density at radius 3 is 2.20 bits per heavy atom. The van der Waals surface area contributed by atoms with Crippen molar-refractivity contribution in [3.05, 3.63) is 12.4 Å². The molecule has 1 unspecified atom stereocenters. The summed E-state index contributed by atoms with van der Waals surface area (Å²) in [6.45, 7) is 4.10. The summed E-state index contributed by atoms with van der Waals surface area (Å²) >= 11 is 0. The van der Waals surface area contributed by atoms with E-state index < -0.39 is 6.35 Å². The molecule has 1 aliphatic rings. The summed E-state index contributed by atoms with van der Waals surface area (Å²) in [5.74, 6) is 0. The van der Waals surface area contributed by atoms with Crippen LogP contribution in [0.25, 0.3) is 0 Å². The van der Waals surface area contributed by atoms with Crippen molar-refractivity contribution in [3.8, 4) is 0 Å². The molecular weight excluding hydrogens is 128 g/mol. The number of rotatable bonds is 1. The van der Waals surface area contributed by atoms with Crippen LogP contribution in [0, 0.1) is 0 Å². The van der Waals surface area contributed by atoms with E-state index in [1.807, 2.05) is 38.2 Å². The monoisotopic (exact) mass is 142 g/mol. The topological polar surface area (TPSA) is 26.7 Å². The molecule has 0 aromatic rings. The van der Waals surface area contributed by atoms with E-state index >= 15 is 0 Å². The Bertz CT molecular complexity index is 145. The van der Waals surface area contributed by atoms with Gasteiger partial charge < -0.3 is 14.9 Å². The molecule has 0 fully saturated rings. The first-order valence-corrected chi connectivity index (χ1v) is 3.48. The van der Waals surface area contributed by atoms with E-state index in [1.165, 1.54) is 0 Å². The van der Waals surface area contributed by atoms with Crippen LogP contribution in [0.4, 0.5) is 0 Å². The Morgan fingerprint density at radius 2 is 2.00 bits per heavy atom. The second kappa shape index (κ2) is 2.50. The van der Waals surface area contributed by atoms with Gasteiger partial charge in [0.15, 0.2) is 0 Å². The van der Waals surface area contributed by atoms with Crippen LogP contribution >= 0.6 is 0 Å². The molecule has 1 rings (SSSR count). The van der Waals surface area contributed by atoms with Gasteiger partial charge in [-0.25, -0.2) is 0 Å². The predicted octanol–water partition coefficient (Wildman–Crippen LogP) is 0.389. The highest BCUT2D eigenvalue weighted by Crippen LogP contribution is 2.13. The Hall–Kier alpha value is -0.700. The van der Waals surface area contributed by atoms with Crippen LogP contribution in [0.3, 0.4) is 0 Å². The first-order chi connectivity index (χ1) is 4.63. The van der Waals surface area contributed by atoms with Crippen molar-refractivity contribution in [2.75, 3.05) is 7.05 Å². The quantitative estimate of drug-likeness (QED) is 0.573. The predicted molar refractivity (Wildman–Crippen MR) is 39.9 cm³/mol. The zero-order valence-corrected chi connectivity index (χ0v) is 6.65. The molecule has 0 radical (unpaired) electrons. The lowest BCUT2D eigenvalue weighted by molar-refractivity contribution is -0.0491. The minimum atomic E-state index is -0.472. The molecule has 10 heavy (non-hydrogen) atoms. The molecule has 0 aliphatic carbocycles. The fraction of sp³-hybridized carbons (Fsp3) is 0.714. The molecule has 1 N–H and O–H groups in total. The van der Waals surface area contributed by atoms with Gasteiger partial charge in [-0.2, -0.15) is 0 Å². The standard InChI is InChI=1S/C7H14N2O/c1-6(2)9-5-4-8(3)7(9)10/h4-7,10H,1-3H3. The van der Waals surface area contributed by atoms with E-state index in [4.69, 9.17) is 0 Å². The summed E-state index contributed by atoms with van der Waals surface area (Å²) in [5.41, 5.74) is 0. The molecule has 3 heteroatoms. The largest absolute Gasteiger partial charge is 0.356 e. The van der Waals surface area contributed by atoms with Gasteiger partial charge in [0, 0.05) is 25.5 Å².